The van der Waals surface area contributed by atoms with Crippen molar-refractivity contribution in [1.29, 1.82) is 0 Å². The van der Waals surface area contributed by atoms with E-state index >= 15 is 0 Å². The lowest BCUT2D eigenvalue weighted by Crippen LogP contribution is -2.33. The highest BCUT2D eigenvalue weighted by Crippen LogP contribution is 2.60. The van der Waals surface area contributed by atoms with Gasteiger partial charge in [-0.15, -0.1) is 0 Å². The van der Waals surface area contributed by atoms with Gasteiger partial charge in [0.15, 0.2) is 17.5 Å². The fourth-order valence-electron chi connectivity index (χ4n) is 8.54. The van der Waals surface area contributed by atoms with E-state index in [1.54, 1.807) is 0 Å². The largest absolute Gasteiger partial charge is 0.208 e. The number of hydrogen-bond acceptors (Lipinski definition) is 3. The molecule has 1 saturated carbocycles. The SMILES string of the molecule is C=C1CC(CC)CCC12c1ccccc1-c1cccc(-c3cccc(-c4cccc(-c5nc(-c6ccccc6)nc(-c6ccccc6)n5)c4)c3)c12. The monoisotopic (exact) mass is 657 g/mol. The first-order valence-corrected chi connectivity index (χ1v) is 18.1. The Balaban J connectivity index is 1.14. The lowest BCUT2D eigenvalue weighted by atomic mass is 9.61. The second-order valence-corrected chi connectivity index (χ2v) is 14.0. The van der Waals surface area contributed by atoms with E-state index in [-0.39, 0.29) is 5.41 Å². The zero-order chi connectivity index (χ0) is 34.4. The summed E-state index contributed by atoms with van der Waals surface area (Å²) in [6.45, 7) is 7.14. The van der Waals surface area contributed by atoms with Crippen molar-refractivity contribution in [3.8, 4) is 67.5 Å². The van der Waals surface area contributed by atoms with Crippen molar-refractivity contribution in [1.82, 2.24) is 15.0 Å². The summed E-state index contributed by atoms with van der Waals surface area (Å²) in [5.74, 6) is 2.69. The van der Waals surface area contributed by atoms with E-state index in [1.807, 2.05) is 60.7 Å². The van der Waals surface area contributed by atoms with Crippen LogP contribution in [-0.4, -0.2) is 15.0 Å². The van der Waals surface area contributed by atoms with Crippen LogP contribution in [0.1, 0.15) is 43.7 Å². The van der Waals surface area contributed by atoms with Crippen molar-refractivity contribution in [3.05, 3.63) is 175 Å². The number of benzene rings is 6. The van der Waals surface area contributed by atoms with Crippen LogP contribution in [0.25, 0.3) is 67.5 Å². The first kappa shape index (κ1) is 31.1. The Morgan fingerprint density at radius 3 is 1.67 bits per heavy atom. The quantitative estimate of drug-likeness (QED) is 0.167. The van der Waals surface area contributed by atoms with Gasteiger partial charge in [0.2, 0.25) is 0 Å². The fraction of sp³-hybridized carbons (Fsp3) is 0.146. The molecule has 7 aromatic rings. The summed E-state index contributed by atoms with van der Waals surface area (Å²) in [6, 6.07) is 53.8. The van der Waals surface area contributed by atoms with Crippen molar-refractivity contribution < 1.29 is 0 Å². The fourth-order valence-corrected chi connectivity index (χ4v) is 8.54. The average molecular weight is 658 g/mol. The predicted molar refractivity (Wildman–Crippen MR) is 210 cm³/mol. The van der Waals surface area contributed by atoms with Crippen LogP contribution in [0.2, 0.25) is 0 Å². The molecule has 2 aliphatic rings. The first-order valence-electron chi connectivity index (χ1n) is 18.1. The predicted octanol–water partition coefficient (Wildman–Crippen LogP) is 12.2. The van der Waals surface area contributed by atoms with Gasteiger partial charge < -0.3 is 0 Å². The molecule has 0 N–H and O–H groups in total. The summed E-state index contributed by atoms with van der Waals surface area (Å²) in [5, 5.41) is 0. The molecular weight excluding hydrogens is 619 g/mol. The summed E-state index contributed by atoms with van der Waals surface area (Å²) in [7, 11) is 0. The molecule has 3 nitrogen and oxygen atoms in total. The molecule has 2 atom stereocenters. The third kappa shape index (κ3) is 5.32. The highest BCUT2D eigenvalue weighted by molar-refractivity contribution is 5.91. The van der Waals surface area contributed by atoms with Gasteiger partial charge in [-0.2, -0.15) is 0 Å². The maximum atomic E-state index is 4.99. The molecule has 1 fully saturated rings. The number of hydrogen-bond donors (Lipinski definition) is 0. The van der Waals surface area contributed by atoms with Gasteiger partial charge in [0.05, 0.1) is 0 Å². The molecule has 0 amide bonds. The van der Waals surface area contributed by atoms with Gasteiger partial charge in [0.1, 0.15) is 0 Å². The Labute approximate surface area is 300 Å². The molecule has 0 bridgehead atoms. The third-order valence-corrected chi connectivity index (χ3v) is 11.1. The van der Waals surface area contributed by atoms with Gasteiger partial charge in [-0.1, -0.05) is 165 Å². The van der Waals surface area contributed by atoms with Gasteiger partial charge in [0, 0.05) is 22.1 Å². The minimum Gasteiger partial charge on any atom is -0.208 e. The molecule has 2 aliphatic carbocycles. The van der Waals surface area contributed by atoms with Crippen molar-refractivity contribution in [2.24, 2.45) is 5.92 Å². The summed E-state index contributed by atoms with van der Waals surface area (Å²) in [4.78, 5) is 14.9. The Bertz CT molecular complexity index is 2350. The van der Waals surface area contributed by atoms with E-state index in [0.29, 0.717) is 23.4 Å². The van der Waals surface area contributed by atoms with Crippen molar-refractivity contribution in [2.75, 3.05) is 0 Å². The maximum Gasteiger partial charge on any atom is 0.164 e. The normalized spacial score (nSPS) is 17.7. The Morgan fingerprint density at radius 2 is 1.02 bits per heavy atom. The van der Waals surface area contributed by atoms with Crippen LogP contribution in [0.5, 0.6) is 0 Å². The van der Waals surface area contributed by atoms with E-state index < -0.39 is 0 Å². The minimum atomic E-state index is -0.157. The van der Waals surface area contributed by atoms with Crippen molar-refractivity contribution >= 4 is 0 Å². The number of fused-ring (bicyclic) bond motifs is 5. The minimum absolute atomic E-state index is 0.157. The molecule has 51 heavy (non-hydrogen) atoms. The highest BCUT2D eigenvalue weighted by atomic mass is 15.0. The van der Waals surface area contributed by atoms with Gasteiger partial charge in [-0.3, -0.25) is 0 Å². The number of aromatic nitrogens is 3. The van der Waals surface area contributed by atoms with Crippen LogP contribution < -0.4 is 0 Å². The second-order valence-electron chi connectivity index (χ2n) is 14.0. The first-order chi connectivity index (χ1) is 25.1. The summed E-state index contributed by atoms with van der Waals surface area (Å²) < 4.78 is 0. The maximum absolute atomic E-state index is 4.99. The lowest BCUT2D eigenvalue weighted by Gasteiger charge is -2.42. The molecular formula is C48H39N3. The topological polar surface area (TPSA) is 38.7 Å². The van der Waals surface area contributed by atoms with E-state index in [2.05, 4.69) is 97.9 Å². The molecule has 1 spiro atoms. The summed E-state index contributed by atoms with van der Waals surface area (Å²) in [6.07, 6.45) is 4.62. The van der Waals surface area contributed by atoms with E-state index in [1.165, 1.54) is 51.8 Å². The summed E-state index contributed by atoms with van der Waals surface area (Å²) in [5.41, 5.74) is 14.5. The van der Waals surface area contributed by atoms with Gasteiger partial charge in [-0.05, 0) is 81.8 Å². The number of allylic oxidation sites excluding steroid dienone is 1. The number of nitrogens with zero attached hydrogens (tertiary/aromatic N) is 3. The number of rotatable bonds is 6. The van der Waals surface area contributed by atoms with Crippen LogP contribution in [-0.2, 0) is 5.41 Å². The Morgan fingerprint density at radius 1 is 0.529 bits per heavy atom. The molecule has 3 heteroatoms. The van der Waals surface area contributed by atoms with Crippen LogP contribution in [0, 0.1) is 5.92 Å². The van der Waals surface area contributed by atoms with Crippen molar-refractivity contribution in [3.63, 3.8) is 0 Å². The standard InChI is InChI=1S/C48H39N3/c1-3-33-27-28-48(32(2)29-33)43-26-11-10-23-41(43)42-25-14-24-40(44(42)48)38-21-12-19-36(30-38)37-20-13-22-39(31-37)47-50-45(34-15-6-4-7-16-34)49-46(51-47)35-17-8-5-9-18-35/h4-26,30-31,33H,2-3,27-29H2,1H3. The Hall–Kier alpha value is -5.93. The summed E-state index contributed by atoms with van der Waals surface area (Å²) >= 11 is 0. The molecule has 9 rings (SSSR count). The van der Waals surface area contributed by atoms with Crippen LogP contribution in [0.15, 0.2) is 164 Å². The third-order valence-electron chi connectivity index (χ3n) is 11.1. The van der Waals surface area contributed by atoms with E-state index in [0.717, 1.165) is 40.7 Å². The van der Waals surface area contributed by atoms with Gasteiger partial charge in [0.25, 0.3) is 0 Å². The molecule has 0 aliphatic heterocycles. The molecule has 2 unspecified atom stereocenters. The van der Waals surface area contributed by atoms with Crippen molar-refractivity contribution in [2.45, 2.75) is 38.0 Å². The molecule has 0 radical (unpaired) electrons. The van der Waals surface area contributed by atoms with Gasteiger partial charge >= 0.3 is 0 Å². The molecule has 6 aromatic carbocycles. The Kier molecular flexibility index (Phi) is 7.77. The van der Waals surface area contributed by atoms with E-state index in [4.69, 9.17) is 21.5 Å². The zero-order valence-electron chi connectivity index (χ0n) is 28.9. The molecule has 246 valence electrons. The van der Waals surface area contributed by atoms with Crippen LogP contribution >= 0.6 is 0 Å². The van der Waals surface area contributed by atoms with Gasteiger partial charge in [-0.25, -0.2) is 15.0 Å². The highest BCUT2D eigenvalue weighted by Gasteiger charge is 2.48. The molecule has 1 aromatic heterocycles. The lowest BCUT2D eigenvalue weighted by molar-refractivity contribution is 0.339. The van der Waals surface area contributed by atoms with E-state index in [9.17, 15) is 0 Å². The van der Waals surface area contributed by atoms with Crippen LogP contribution in [0.3, 0.4) is 0 Å². The second kappa shape index (κ2) is 12.8. The smallest absolute Gasteiger partial charge is 0.164 e. The zero-order valence-corrected chi connectivity index (χ0v) is 28.9. The molecule has 1 heterocycles. The molecule has 0 saturated heterocycles. The van der Waals surface area contributed by atoms with Crippen LogP contribution in [0.4, 0.5) is 0 Å². The average Bonchev–Trinajstić information content (AvgIpc) is 3.50.